The second kappa shape index (κ2) is 10.3. The van der Waals surface area contributed by atoms with Crippen LogP contribution in [-0.4, -0.2) is 70.3 Å². The molecule has 0 aliphatic carbocycles. The third kappa shape index (κ3) is 4.74. The molecule has 198 valence electrons. The maximum absolute atomic E-state index is 14.0. The van der Waals surface area contributed by atoms with Crippen LogP contribution >= 0.6 is 0 Å². The van der Waals surface area contributed by atoms with E-state index in [0.717, 1.165) is 21.1 Å². The molecule has 1 aromatic heterocycles. The summed E-state index contributed by atoms with van der Waals surface area (Å²) in [6.07, 6.45) is 5.36. The van der Waals surface area contributed by atoms with Crippen LogP contribution in [0.1, 0.15) is 44.6 Å². The Morgan fingerprint density at radius 3 is 2.66 bits per heavy atom. The van der Waals surface area contributed by atoms with Gasteiger partial charge in [0.15, 0.2) is 11.6 Å². The van der Waals surface area contributed by atoms with Gasteiger partial charge in [0.2, 0.25) is 11.0 Å². The topological polar surface area (TPSA) is 117 Å². The molecule has 5 rings (SSSR count). The molecule has 0 spiro atoms. The molecule has 0 N–H and O–H groups in total. The van der Waals surface area contributed by atoms with Crippen molar-refractivity contribution in [1.82, 2.24) is 14.2 Å². The van der Waals surface area contributed by atoms with Gasteiger partial charge in [0.05, 0.1) is 24.2 Å². The van der Waals surface area contributed by atoms with Crippen LogP contribution in [-0.2, 0) is 24.4 Å². The monoisotopic (exact) mass is 534 g/mol. The Morgan fingerprint density at radius 1 is 1.13 bits per heavy atom. The van der Waals surface area contributed by atoms with E-state index in [1.54, 1.807) is 11.1 Å². The quantitative estimate of drug-likeness (QED) is 0.563. The summed E-state index contributed by atoms with van der Waals surface area (Å²) < 4.78 is 27.7. The first-order valence-corrected chi connectivity index (χ1v) is 14.2. The summed E-state index contributed by atoms with van der Waals surface area (Å²) in [5, 5.41) is -0.540. The highest BCUT2D eigenvalue weighted by Gasteiger charge is 2.55. The molecule has 3 aliphatic rings. The van der Waals surface area contributed by atoms with Gasteiger partial charge in [0, 0.05) is 30.9 Å². The lowest BCUT2D eigenvalue weighted by Crippen LogP contribution is -2.46. The van der Waals surface area contributed by atoms with Crippen LogP contribution in [0.3, 0.4) is 0 Å². The number of benzene rings is 1. The van der Waals surface area contributed by atoms with E-state index in [1.165, 1.54) is 12.3 Å². The Hall–Kier alpha value is -3.50. The number of rotatable bonds is 6. The number of carbonyl (C=O) groups is 3. The minimum absolute atomic E-state index is 0.0486. The fraction of sp³-hybridized carbons (Fsp3) is 0.393. The Bertz CT molecular complexity index is 1430. The molecule has 10 heteroatoms. The molecule has 38 heavy (non-hydrogen) atoms. The number of allylic oxidation sites excluding steroid dienone is 1. The zero-order valence-electron chi connectivity index (χ0n) is 21.4. The first kappa shape index (κ1) is 26.1. The first-order chi connectivity index (χ1) is 18.2. The average molecular weight is 535 g/mol. The Balaban J connectivity index is 1.43. The van der Waals surface area contributed by atoms with Crippen LogP contribution in [0.5, 0.6) is 0 Å². The lowest BCUT2D eigenvalue weighted by molar-refractivity contribution is -0.138. The number of amides is 1. The number of carbonyl (C=O) groups excluding carboxylic acids is 3. The van der Waals surface area contributed by atoms with Crippen molar-refractivity contribution in [3.63, 3.8) is 0 Å². The third-order valence-corrected chi connectivity index (χ3v) is 9.15. The van der Waals surface area contributed by atoms with E-state index < -0.39 is 38.9 Å². The van der Waals surface area contributed by atoms with E-state index in [9.17, 15) is 22.8 Å². The summed E-state index contributed by atoms with van der Waals surface area (Å²) >= 11 is 0. The number of hydrogen-bond donors (Lipinski definition) is 0. The van der Waals surface area contributed by atoms with Crippen molar-refractivity contribution in [1.29, 1.82) is 0 Å². The molecule has 3 unspecified atom stereocenters. The molecule has 1 amide bonds. The minimum atomic E-state index is -4.26. The molecule has 2 fully saturated rings. The Labute approximate surface area is 222 Å². The summed E-state index contributed by atoms with van der Waals surface area (Å²) in [6.45, 7) is 3.98. The second-order valence-electron chi connectivity index (χ2n) is 10.3. The molecule has 0 bridgehead atoms. The predicted molar refractivity (Wildman–Crippen MR) is 143 cm³/mol. The van der Waals surface area contributed by atoms with Gasteiger partial charge in [-0.05, 0) is 42.5 Å². The Morgan fingerprint density at radius 2 is 1.95 bits per heavy atom. The largest absolute Gasteiger partial charge is 0.330 e. The van der Waals surface area contributed by atoms with Gasteiger partial charge >= 0.3 is 0 Å². The molecule has 0 radical (unpaired) electrons. The van der Waals surface area contributed by atoms with Gasteiger partial charge < -0.3 is 4.90 Å². The number of aromatic nitrogens is 1. The highest BCUT2D eigenvalue weighted by atomic mass is 32.2. The highest BCUT2D eigenvalue weighted by molar-refractivity contribution is 8.06. The van der Waals surface area contributed by atoms with Gasteiger partial charge in [0.25, 0.3) is 10.0 Å². The number of hydrogen-bond acceptors (Lipinski definition) is 7. The summed E-state index contributed by atoms with van der Waals surface area (Å²) in [5.41, 5.74) is 2.53. The van der Waals surface area contributed by atoms with Crippen molar-refractivity contribution in [2.75, 3.05) is 13.1 Å². The van der Waals surface area contributed by atoms with Crippen molar-refractivity contribution in [3.8, 4) is 11.3 Å². The van der Waals surface area contributed by atoms with Crippen LogP contribution < -0.4 is 0 Å². The van der Waals surface area contributed by atoms with Crippen LogP contribution in [0, 0.1) is 5.92 Å². The normalized spacial score (nSPS) is 22.6. The molecular weight excluding hydrogens is 504 g/mol. The molecule has 2 saturated heterocycles. The minimum Gasteiger partial charge on any atom is -0.330 e. The molecule has 3 aliphatic heterocycles. The lowest BCUT2D eigenvalue weighted by atomic mass is 9.87. The maximum Gasteiger partial charge on any atom is 0.264 e. The first-order valence-electron chi connectivity index (χ1n) is 12.8. The van der Waals surface area contributed by atoms with Crippen molar-refractivity contribution in [2.45, 2.75) is 51.1 Å². The maximum atomic E-state index is 14.0. The summed E-state index contributed by atoms with van der Waals surface area (Å²) in [6, 6.07) is 11.8. The second-order valence-corrected chi connectivity index (χ2v) is 12.1. The van der Waals surface area contributed by atoms with Gasteiger partial charge in [-0.3, -0.25) is 19.4 Å². The van der Waals surface area contributed by atoms with E-state index in [-0.39, 0.29) is 37.1 Å². The number of ketones is 2. The SMILES string of the molecule is CC(C)CC(C(=O)N1CCC2C1C(=O)CN2S(=O)(=O)C1=NC=CCC1=O)c1cccc(-c2ccccn2)c1. The summed E-state index contributed by atoms with van der Waals surface area (Å²) in [7, 11) is -4.26. The molecule has 1 aromatic carbocycles. The van der Waals surface area contributed by atoms with E-state index in [0.29, 0.717) is 12.8 Å². The highest BCUT2D eigenvalue weighted by Crippen LogP contribution is 2.37. The molecule has 0 saturated carbocycles. The number of nitrogens with zero attached hydrogens (tertiary/aromatic N) is 4. The van der Waals surface area contributed by atoms with Gasteiger partial charge in [-0.25, -0.2) is 13.4 Å². The standard InChI is InChI=1S/C28H30N4O5S/c1-18(2)15-21(19-7-5-8-20(16-19)22-9-3-4-12-29-22)28(35)31-14-11-23-26(31)25(34)17-32(23)38(36,37)27-24(33)10-6-13-30-27/h3-9,12-13,16,18,21,23,26H,10-11,14-15,17H2,1-2H3. The van der Waals surface area contributed by atoms with E-state index in [4.69, 9.17) is 0 Å². The van der Waals surface area contributed by atoms with Crippen molar-refractivity contribution < 1.29 is 22.8 Å². The number of Topliss-reactive ketones (excluding diaryl/α,β-unsaturated/α-hetero) is 2. The van der Waals surface area contributed by atoms with E-state index in [1.807, 2.05) is 56.3 Å². The number of aliphatic imine (C=N–C) groups is 1. The molecular formula is C28H30N4O5S. The smallest absolute Gasteiger partial charge is 0.264 e. The Kier molecular flexibility index (Phi) is 7.11. The summed E-state index contributed by atoms with van der Waals surface area (Å²) in [4.78, 5) is 49.3. The number of likely N-dealkylation sites (tertiary alicyclic amines) is 1. The lowest BCUT2D eigenvalue weighted by Gasteiger charge is -2.29. The van der Waals surface area contributed by atoms with Gasteiger partial charge in [-0.15, -0.1) is 0 Å². The fourth-order valence-corrected chi connectivity index (χ4v) is 7.26. The van der Waals surface area contributed by atoms with Crippen molar-refractivity contribution in [3.05, 3.63) is 66.5 Å². The van der Waals surface area contributed by atoms with Crippen LogP contribution in [0.25, 0.3) is 11.3 Å². The summed E-state index contributed by atoms with van der Waals surface area (Å²) in [5.74, 6) is -1.41. The van der Waals surface area contributed by atoms with E-state index >= 15 is 0 Å². The molecule has 4 heterocycles. The van der Waals surface area contributed by atoms with Crippen LogP contribution in [0.2, 0.25) is 0 Å². The van der Waals surface area contributed by atoms with Crippen LogP contribution in [0.15, 0.2) is 65.9 Å². The van der Waals surface area contributed by atoms with Crippen LogP contribution in [0.4, 0.5) is 0 Å². The van der Waals surface area contributed by atoms with Crippen molar-refractivity contribution in [2.24, 2.45) is 10.9 Å². The molecule has 9 nitrogen and oxygen atoms in total. The predicted octanol–water partition coefficient (Wildman–Crippen LogP) is 2.95. The zero-order valence-corrected chi connectivity index (χ0v) is 22.2. The molecule has 2 aromatic rings. The third-order valence-electron chi connectivity index (χ3n) is 7.31. The van der Waals surface area contributed by atoms with Gasteiger partial charge in [-0.1, -0.05) is 44.2 Å². The average Bonchev–Trinajstić information content (AvgIpc) is 3.49. The fourth-order valence-electron chi connectivity index (χ4n) is 5.60. The molecule has 3 atom stereocenters. The van der Waals surface area contributed by atoms with Crippen molar-refractivity contribution >= 4 is 32.5 Å². The van der Waals surface area contributed by atoms with E-state index in [2.05, 4.69) is 9.98 Å². The van der Waals surface area contributed by atoms with Gasteiger partial charge in [-0.2, -0.15) is 4.31 Å². The van der Waals surface area contributed by atoms with Gasteiger partial charge in [0.1, 0.15) is 6.04 Å². The number of sulfonamides is 1. The number of pyridine rings is 1. The number of fused-ring (bicyclic) bond motifs is 1. The zero-order chi connectivity index (χ0) is 27.0.